The summed E-state index contributed by atoms with van der Waals surface area (Å²) in [6.45, 7) is 8.74. The molecule has 0 saturated carbocycles. The molecule has 88 valence electrons. The highest BCUT2D eigenvalue weighted by Gasteiger charge is 2.27. The van der Waals surface area contributed by atoms with Crippen LogP contribution in [0.2, 0.25) is 0 Å². The lowest BCUT2D eigenvalue weighted by Gasteiger charge is -2.31. The van der Waals surface area contributed by atoms with Gasteiger partial charge in [0.05, 0.1) is 6.61 Å². The van der Waals surface area contributed by atoms with Gasteiger partial charge in [0.15, 0.2) is 0 Å². The Balaban J connectivity index is 2.98. The molecular weight excluding hydrogens is 196 g/mol. The van der Waals surface area contributed by atoms with Gasteiger partial charge in [-0.05, 0) is 50.2 Å². The third kappa shape index (κ3) is 3.25. The largest absolute Gasteiger partial charge is 0.392 e. The second-order valence-corrected chi connectivity index (χ2v) is 5.21. The average molecular weight is 218 g/mol. The van der Waals surface area contributed by atoms with E-state index in [1.165, 1.54) is 30.4 Å². The van der Waals surface area contributed by atoms with E-state index in [9.17, 15) is 0 Å². The normalized spacial score (nSPS) is 20.4. The highest BCUT2D eigenvalue weighted by Crippen LogP contribution is 2.39. The molecule has 0 aliphatic heterocycles. The molecule has 1 N–H and O–H groups in total. The van der Waals surface area contributed by atoms with Crippen LogP contribution >= 0.6 is 0 Å². The molecule has 0 aromatic carbocycles. The summed E-state index contributed by atoms with van der Waals surface area (Å²) in [6.07, 6.45) is 5.42. The summed E-state index contributed by atoms with van der Waals surface area (Å²) in [4.78, 5) is 0. The number of hydrogen-bond donors (Lipinski definition) is 1. The van der Waals surface area contributed by atoms with Crippen LogP contribution in [0.3, 0.4) is 0 Å². The zero-order valence-electron chi connectivity index (χ0n) is 10.9. The smallest absolute Gasteiger partial charge is 0.0624 e. The van der Waals surface area contributed by atoms with Gasteiger partial charge >= 0.3 is 0 Å². The molecule has 0 unspecified atom stereocenters. The van der Waals surface area contributed by atoms with Crippen LogP contribution in [0.5, 0.6) is 0 Å². The third-order valence-electron chi connectivity index (χ3n) is 3.24. The first kappa shape index (κ1) is 13.1. The monoisotopic (exact) mass is 218 g/mol. The van der Waals surface area contributed by atoms with E-state index in [2.05, 4.69) is 32.6 Å². The number of hydrogen-bond acceptors (Lipinski definition) is 1. The van der Waals surface area contributed by atoms with Crippen LogP contribution in [0.15, 0.2) is 22.8 Å². The fourth-order valence-electron chi connectivity index (χ4n) is 2.25. The van der Waals surface area contributed by atoms with Crippen molar-refractivity contribution < 1.29 is 5.11 Å². The van der Waals surface area contributed by atoms with Gasteiger partial charge in [0.2, 0.25) is 0 Å². The summed E-state index contributed by atoms with van der Waals surface area (Å²) in [7, 11) is 0. The Morgan fingerprint density at radius 2 is 2.19 bits per heavy atom. The molecule has 0 amide bonds. The second kappa shape index (κ2) is 5.37. The average Bonchev–Trinajstić information content (AvgIpc) is 2.16. The van der Waals surface area contributed by atoms with E-state index in [1.54, 1.807) is 6.08 Å². The van der Waals surface area contributed by atoms with Crippen LogP contribution in [0, 0.1) is 17.3 Å². The van der Waals surface area contributed by atoms with Crippen LogP contribution in [0.4, 0.5) is 0 Å². The SMILES string of the molecule is CC1=C(C#C/C(C)=C\CO)C(C)(C)CCC1. The van der Waals surface area contributed by atoms with Crippen LogP contribution < -0.4 is 0 Å². The molecule has 0 aromatic rings. The summed E-state index contributed by atoms with van der Waals surface area (Å²) in [5, 5.41) is 8.77. The maximum atomic E-state index is 8.77. The number of aliphatic hydroxyl groups excluding tert-OH is 1. The van der Waals surface area contributed by atoms with Crippen LogP contribution in [0.25, 0.3) is 0 Å². The second-order valence-electron chi connectivity index (χ2n) is 5.21. The minimum atomic E-state index is 0.0714. The lowest BCUT2D eigenvalue weighted by molar-refractivity contribution is 0.342. The molecule has 0 aromatic heterocycles. The van der Waals surface area contributed by atoms with Crippen molar-refractivity contribution >= 4 is 0 Å². The van der Waals surface area contributed by atoms with Gasteiger partial charge in [0.25, 0.3) is 0 Å². The van der Waals surface area contributed by atoms with Crippen LogP contribution in [0.1, 0.15) is 47.0 Å². The predicted octanol–water partition coefficient (Wildman–Crippen LogP) is 3.46. The zero-order valence-corrected chi connectivity index (χ0v) is 10.9. The van der Waals surface area contributed by atoms with Crippen LogP contribution in [-0.4, -0.2) is 11.7 Å². The molecule has 1 aliphatic carbocycles. The van der Waals surface area contributed by atoms with Crippen molar-refractivity contribution in [3.63, 3.8) is 0 Å². The quantitative estimate of drug-likeness (QED) is 0.668. The molecule has 0 atom stereocenters. The van der Waals surface area contributed by atoms with E-state index in [-0.39, 0.29) is 12.0 Å². The summed E-state index contributed by atoms with van der Waals surface area (Å²) in [5.74, 6) is 6.43. The Morgan fingerprint density at radius 3 is 2.75 bits per heavy atom. The molecule has 0 saturated heterocycles. The Morgan fingerprint density at radius 1 is 1.50 bits per heavy atom. The molecule has 0 heterocycles. The Bertz CT molecular complexity index is 372. The Kier molecular flexibility index (Phi) is 4.38. The lowest BCUT2D eigenvalue weighted by atomic mass is 9.73. The highest BCUT2D eigenvalue weighted by molar-refractivity contribution is 5.43. The van der Waals surface area contributed by atoms with Crippen molar-refractivity contribution in [3.8, 4) is 11.8 Å². The summed E-state index contributed by atoms with van der Waals surface area (Å²) >= 11 is 0. The van der Waals surface area contributed by atoms with Gasteiger partial charge in [-0.15, -0.1) is 0 Å². The molecule has 0 spiro atoms. The summed E-state index contributed by atoms with van der Waals surface area (Å²) in [5.41, 5.74) is 3.89. The van der Waals surface area contributed by atoms with E-state index >= 15 is 0 Å². The van der Waals surface area contributed by atoms with Gasteiger partial charge in [-0.25, -0.2) is 0 Å². The Hall–Kier alpha value is -1.00. The van der Waals surface area contributed by atoms with Gasteiger partial charge in [-0.3, -0.25) is 0 Å². The fraction of sp³-hybridized carbons (Fsp3) is 0.600. The molecular formula is C15H22O. The molecule has 0 radical (unpaired) electrons. The zero-order chi connectivity index (χ0) is 12.2. The van der Waals surface area contributed by atoms with Crippen molar-refractivity contribution in [3.05, 3.63) is 22.8 Å². The summed E-state index contributed by atoms with van der Waals surface area (Å²) < 4.78 is 0. The van der Waals surface area contributed by atoms with Gasteiger partial charge < -0.3 is 5.11 Å². The third-order valence-corrected chi connectivity index (χ3v) is 3.24. The van der Waals surface area contributed by atoms with Gasteiger partial charge in [-0.2, -0.15) is 0 Å². The molecule has 1 aliphatic rings. The maximum Gasteiger partial charge on any atom is 0.0624 e. The Labute approximate surface area is 99.3 Å². The van der Waals surface area contributed by atoms with Gasteiger partial charge in [0.1, 0.15) is 0 Å². The number of aliphatic hydroxyl groups is 1. The predicted molar refractivity (Wildman–Crippen MR) is 69.0 cm³/mol. The minimum absolute atomic E-state index is 0.0714. The molecule has 0 bridgehead atoms. The van der Waals surface area contributed by atoms with E-state index < -0.39 is 0 Å². The topological polar surface area (TPSA) is 20.2 Å². The molecule has 16 heavy (non-hydrogen) atoms. The fourth-order valence-corrected chi connectivity index (χ4v) is 2.25. The van der Waals surface area contributed by atoms with Crippen molar-refractivity contribution in [1.29, 1.82) is 0 Å². The van der Waals surface area contributed by atoms with Crippen molar-refractivity contribution in [2.24, 2.45) is 5.41 Å². The molecule has 1 nitrogen and oxygen atoms in total. The molecule has 1 heteroatoms. The maximum absolute atomic E-state index is 8.77. The standard InChI is InChI=1S/C15H22O/c1-12(9-11-16)7-8-14-13(2)6-5-10-15(14,3)4/h9,16H,5-6,10-11H2,1-4H3/b12-9-. The first-order valence-electron chi connectivity index (χ1n) is 5.97. The number of rotatable bonds is 1. The molecule has 0 fully saturated rings. The van der Waals surface area contributed by atoms with Gasteiger partial charge in [-0.1, -0.05) is 31.3 Å². The van der Waals surface area contributed by atoms with Crippen molar-refractivity contribution in [1.82, 2.24) is 0 Å². The van der Waals surface area contributed by atoms with E-state index in [0.29, 0.717) is 0 Å². The van der Waals surface area contributed by atoms with E-state index in [0.717, 1.165) is 5.57 Å². The highest BCUT2D eigenvalue weighted by atomic mass is 16.2. The van der Waals surface area contributed by atoms with Crippen molar-refractivity contribution in [2.75, 3.05) is 6.61 Å². The van der Waals surface area contributed by atoms with Gasteiger partial charge in [0, 0.05) is 5.57 Å². The lowest BCUT2D eigenvalue weighted by Crippen LogP contribution is -2.19. The number of allylic oxidation sites excluding steroid dienone is 3. The first-order chi connectivity index (χ1) is 7.47. The summed E-state index contributed by atoms with van der Waals surface area (Å²) in [6, 6.07) is 0. The van der Waals surface area contributed by atoms with Crippen LogP contribution in [-0.2, 0) is 0 Å². The first-order valence-corrected chi connectivity index (χ1v) is 5.97. The minimum Gasteiger partial charge on any atom is -0.392 e. The molecule has 1 rings (SSSR count). The van der Waals surface area contributed by atoms with Crippen molar-refractivity contribution in [2.45, 2.75) is 47.0 Å². The van der Waals surface area contributed by atoms with E-state index in [1.807, 2.05) is 6.92 Å². The van der Waals surface area contributed by atoms with E-state index in [4.69, 9.17) is 5.11 Å².